The maximum Gasteiger partial charge on any atom is 0.317 e. The van der Waals surface area contributed by atoms with Crippen LogP contribution in [0.4, 0.5) is 0 Å². The van der Waals surface area contributed by atoms with Gasteiger partial charge in [-0.15, -0.1) is 0 Å². The SMILES string of the molecule is CCCCCCCCn1c2ccc(COC(=O)CC(=O)OCC)cc2c2cc(COC(=O)CC(=O)OCC)ccc21. The molecule has 9 nitrogen and oxygen atoms in total. The Morgan fingerprint density at radius 1 is 0.585 bits per heavy atom. The number of hydrogen-bond donors (Lipinski definition) is 0. The van der Waals surface area contributed by atoms with Crippen molar-refractivity contribution in [3.8, 4) is 0 Å². The Kier molecular flexibility index (Phi) is 12.7. The van der Waals surface area contributed by atoms with Gasteiger partial charge in [0.05, 0.1) is 13.2 Å². The van der Waals surface area contributed by atoms with E-state index >= 15 is 0 Å². The second kappa shape index (κ2) is 16.4. The summed E-state index contributed by atoms with van der Waals surface area (Å²) in [5, 5.41) is 1.98. The van der Waals surface area contributed by atoms with Crippen molar-refractivity contribution in [2.45, 2.75) is 91.9 Å². The highest BCUT2D eigenvalue weighted by atomic mass is 16.6. The lowest BCUT2D eigenvalue weighted by atomic mass is 10.1. The fraction of sp³-hybridized carbons (Fsp3) is 0.500. The van der Waals surface area contributed by atoms with Crippen LogP contribution in [0.5, 0.6) is 0 Å². The first-order chi connectivity index (χ1) is 19.9. The molecular formula is C32H41NO8. The van der Waals surface area contributed by atoms with Crippen molar-refractivity contribution >= 4 is 45.7 Å². The molecule has 0 unspecified atom stereocenters. The monoisotopic (exact) mass is 567 g/mol. The fourth-order valence-electron chi connectivity index (χ4n) is 4.76. The largest absolute Gasteiger partial charge is 0.466 e. The van der Waals surface area contributed by atoms with Gasteiger partial charge in [-0.1, -0.05) is 51.2 Å². The van der Waals surface area contributed by atoms with Crippen LogP contribution in [0.1, 0.15) is 83.3 Å². The van der Waals surface area contributed by atoms with E-state index in [1.807, 2.05) is 36.4 Å². The van der Waals surface area contributed by atoms with Crippen LogP contribution in [0.15, 0.2) is 36.4 Å². The highest BCUT2D eigenvalue weighted by Crippen LogP contribution is 2.32. The van der Waals surface area contributed by atoms with E-state index in [0.717, 1.165) is 52.3 Å². The summed E-state index contributed by atoms with van der Waals surface area (Å²) in [5.74, 6) is -2.50. The Bertz CT molecular complexity index is 1250. The zero-order valence-corrected chi connectivity index (χ0v) is 24.4. The molecule has 0 radical (unpaired) electrons. The Labute approximate surface area is 241 Å². The fourth-order valence-corrected chi connectivity index (χ4v) is 4.76. The second-order valence-electron chi connectivity index (χ2n) is 9.91. The number of carbonyl (C=O) groups is 4. The van der Waals surface area contributed by atoms with Gasteiger partial charge < -0.3 is 23.5 Å². The van der Waals surface area contributed by atoms with Gasteiger partial charge in [-0.05, 0) is 55.7 Å². The topological polar surface area (TPSA) is 110 Å². The van der Waals surface area contributed by atoms with E-state index < -0.39 is 36.7 Å². The normalized spacial score (nSPS) is 11.0. The van der Waals surface area contributed by atoms with Crippen LogP contribution in [0, 0.1) is 0 Å². The van der Waals surface area contributed by atoms with E-state index in [0.29, 0.717) is 0 Å². The summed E-state index contributed by atoms with van der Waals surface area (Å²) < 4.78 is 22.6. The van der Waals surface area contributed by atoms with Crippen molar-refractivity contribution in [2.75, 3.05) is 13.2 Å². The van der Waals surface area contributed by atoms with Crippen LogP contribution in [-0.2, 0) is 57.9 Å². The molecule has 1 heterocycles. The predicted octanol–water partition coefficient (Wildman–Crippen LogP) is 6.15. The van der Waals surface area contributed by atoms with Gasteiger partial charge in [0.15, 0.2) is 0 Å². The highest BCUT2D eigenvalue weighted by Gasteiger charge is 2.16. The van der Waals surface area contributed by atoms with Crippen molar-refractivity contribution < 1.29 is 38.1 Å². The van der Waals surface area contributed by atoms with Gasteiger partial charge >= 0.3 is 23.9 Å². The molecule has 0 atom stereocenters. The van der Waals surface area contributed by atoms with Crippen LogP contribution in [0.3, 0.4) is 0 Å². The molecule has 222 valence electrons. The molecule has 2 aromatic carbocycles. The summed E-state index contributed by atoms with van der Waals surface area (Å²) in [6, 6.07) is 11.9. The van der Waals surface area contributed by atoms with Crippen molar-refractivity contribution in [1.29, 1.82) is 0 Å². The number of carbonyl (C=O) groups excluding carboxylic acids is 4. The Balaban J connectivity index is 1.81. The van der Waals surface area contributed by atoms with Crippen LogP contribution in [-0.4, -0.2) is 41.7 Å². The number of unbranched alkanes of at least 4 members (excludes halogenated alkanes) is 5. The minimum atomic E-state index is -0.638. The van der Waals surface area contributed by atoms with E-state index in [1.165, 1.54) is 25.7 Å². The third kappa shape index (κ3) is 9.62. The van der Waals surface area contributed by atoms with E-state index in [9.17, 15) is 19.2 Å². The van der Waals surface area contributed by atoms with Gasteiger partial charge in [-0.3, -0.25) is 19.2 Å². The molecule has 0 spiro atoms. The van der Waals surface area contributed by atoms with Gasteiger partial charge in [-0.2, -0.15) is 0 Å². The minimum Gasteiger partial charge on any atom is -0.466 e. The molecule has 9 heteroatoms. The first kappa shape index (κ1) is 31.6. The number of ether oxygens (including phenoxy) is 4. The van der Waals surface area contributed by atoms with Gasteiger partial charge in [0.1, 0.15) is 26.1 Å². The van der Waals surface area contributed by atoms with Crippen molar-refractivity contribution in [3.63, 3.8) is 0 Å². The molecule has 3 rings (SSSR count). The van der Waals surface area contributed by atoms with E-state index in [4.69, 9.17) is 18.9 Å². The first-order valence-corrected chi connectivity index (χ1v) is 14.5. The standard InChI is InChI=1S/C32H41NO8/c1-4-7-8-9-10-11-16-33-27-14-12-23(21-40-31(36)19-29(34)38-5-2)17-25(27)26-18-24(13-15-28(26)33)22-41-32(37)20-30(35)39-6-3/h12-15,17-18H,4-11,16,19-22H2,1-3H3. The molecular weight excluding hydrogens is 526 g/mol. The number of rotatable bonds is 17. The average molecular weight is 568 g/mol. The molecule has 0 saturated carbocycles. The summed E-state index contributed by atoms with van der Waals surface area (Å²) >= 11 is 0. The zero-order valence-electron chi connectivity index (χ0n) is 24.4. The molecule has 0 saturated heterocycles. The smallest absolute Gasteiger partial charge is 0.317 e. The van der Waals surface area contributed by atoms with Crippen LogP contribution in [0.2, 0.25) is 0 Å². The van der Waals surface area contributed by atoms with Crippen molar-refractivity contribution in [2.24, 2.45) is 0 Å². The average Bonchev–Trinajstić information content (AvgIpc) is 3.25. The van der Waals surface area contributed by atoms with Gasteiger partial charge in [0.25, 0.3) is 0 Å². The third-order valence-corrected chi connectivity index (χ3v) is 6.72. The molecule has 3 aromatic rings. The summed E-state index contributed by atoms with van der Waals surface area (Å²) in [6.07, 6.45) is 6.31. The number of nitrogens with zero attached hydrogens (tertiary/aromatic N) is 1. The van der Waals surface area contributed by atoms with E-state index in [-0.39, 0.29) is 26.4 Å². The zero-order chi connectivity index (χ0) is 29.6. The first-order valence-electron chi connectivity index (χ1n) is 14.5. The molecule has 0 bridgehead atoms. The van der Waals surface area contributed by atoms with Crippen LogP contribution >= 0.6 is 0 Å². The second-order valence-corrected chi connectivity index (χ2v) is 9.91. The molecule has 0 fully saturated rings. The number of fused-ring (bicyclic) bond motifs is 3. The van der Waals surface area contributed by atoms with Crippen LogP contribution in [0.25, 0.3) is 21.8 Å². The Morgan fingerprint density at radius 3 is 1.49 bits per heavy atom. The Morgan fingerprint density at radius 2 is 1.02 bits per heavy atom. The van der Waals surface area contributed by atoms with Gasteiger partial charge in [0.2, 0.25) is 0 Å². The Hall–Kier alpha value is -3.88. The molecule has 0 amide bonds. The molecule has 0 N–H and O–H groups in total. The number of aryl methyl sites for hydroxylation is 1. The lowest BCUT2D eigenvalue weighted by molar-refractivity contribution is -0.156. The third-order valence-electron chi connectivity index (χ3n) is 6.72. The predicted molar refractivity (Wildman–Crippen MR) is 155 cm³/mol. The molecule has 0 aliphatic heterocycles. The van der Waals surface area contributed by atoms with Gasteiger partial charge in [-0.25, -0.2) is 0 Å². The van der Waals surface area contributed by atoms with Gasteiger partial charge in [0, 0.05) is 28.4 Å². The maximum atomic E-state index is 12.1. The highest BCUT2D eigenvalue weighted by molar-refractivity contribution is 6.08. The lowest BCUT2D eigenvalue weighted by Crippen LogP contribution is -2.13. The molecule has 1 aromatic heterocycles. The number of benzene rings is 2. The summed E-state index contributed by atoms with van der Waals surface area (Å²) in [5.41, 5.74) is 3.71. The van der Waals surface area contributed by atoms with Crippen molar-refractivity contribution in [1.82, 2.24) is 4.57 Å². The molecule has 0 aliphatic rings. The van der Waals surface area contributed by atoms with E-state index in [2.05, 4.69) is 11.5 Å². The summed E-state index contributed by atoms with van der Waals surface area (Å²) in [4.78, 5) is 47.3. The number of aromatic nitrogens is 1. The van der Waals surface area contributed by atoms with Crippen molar-refractivity contribution in [3.05, 3.63) is 47.5 Å². The van der Waals surface area contributed by atoms with Crippen LogP contribution < -0.4 is 0 Å². The molecule has 41 heavy (non-hydrogen) atoms. The minimum absolute atomic E-state index is 0.0312. The number of esters is 4. The number of hydrogen-bond acceptors (Lipinski definition) is 8. The summed E-state index contributed by atoms with van der Waals surface area (Å²) in [6.45, 7) is 6.92. The molecule has 0 aliphatic carbocycles. The van der Waals surface area contributed by atoms with E-state index in [1.54, 1.807) is 13.8 Å². The lowest BCUT2D eigenvalue weighted by Gasteiger charge is -2.09. The maximum absolute atomic E-state index is 12.1. The quantitative estimate of drug-likeness (QED) is 0.0827. The summed E-state index contributed by atoms with van der Waals surface area (Å²) in [7, 11) is 0.